The number of hydrogen-bond acceptors (Lipinski definition) is 2. The van der Waals surface area contributed by atoms with Crippen LogP contribution >= 0.6 is 0 Å². The first-order valence-electron chi connectivity index (χ1n) is 7.66. The SMILES string of the molecule is C=C(C)OC1CCOC1.CC.CCCc1ccccc1. The summed E-state index contributed by atoms with van der Waals surface area (Å²) in [6.45, 7) is 13.3. The Morgan fingerprint density at radius 1 is 1.30 bits per heavy atom. The molecule has 2 nitrogen and oxygen atoms in total. The maximum absolute atomic E-state index is 5.29. The summed E-state index contributed by atoms with van der Waals surface area (Å²) in [5.74, 6) is 0.783. The first-order valence-corrected chi connectivity index (χ1v) is 7.66. The lowest BCUT2D eigenvalue weighted by molar-refractivity contribution is 0.0936. The van der Waals surface area contributed by atoms with Crippen molar-refractivity contribution in [2.24, 2.45) is 0 Å². The van der Waals surface area contributed by atoms with E-state index in [1.165, 1.54) is 18.4 Å². The molecular weight excluding hydrogens is 248 g/mol. The average molecular weight is 278 g/mol. The zero-order valence-electron chi connectivity index (χ0n) is 13.5. The molecule has 1 atom stereocenters. The van der Waals surface area contributed by atoms with Gasteiger partial charge in [0.1, 0.15) is 6.10 Å². The van der Waals surface area contributed by atoms with E-state index in [0.717, 1.165) is 25.4 Å². The second-order valence-electron chi connectivity index (χ2n) is 4.54. The lowest BCUT2D eigenvalue weighted by Gasteiger charge is -2.09. The molecule has 0 saturated carbocycles. The highest BCUT2D eigenvalue weighted by molar-refractivity contribution is 5.14. The molecule has 1 unspecified atom stereocenters. The van der Waals surface area contributed by atoms with Crippen molar-refractivity contribution in [2.45, 2.75) is 53.1 Å². The van der Waals surface area contributed by atoms with Gasteiger partial charge in [0.05, 0.1) is 19.0 Å². The zero-order chi connectivity index (χ0) is 15.2. The third kappa shape index (κ3) is 9.62. The molecule has 0 radical (unpaired) electrons. The van der Waals surface area contributed by atoms with E-state index in [-0.39, 0.29) is 6.10 Å². The molecule has 1 saturated heterocycles. The van der Waals surface area contributed by atoms with E-state index >= 15 is 0 Å². The molecule has 0 N–H and O–H groups in total. The Morgan fingerprint density at radius 2 is 1.95 bits per heavy atom. The van der Waals surface area contributed by atoms with Crippen LogP contribution in [0.25, 0.3) is 0 Å². The van der Waals surface area contributed by atoms with E-state index in [1.54, 1.807) is 0 Å². The molecule has 0 aliphatic carbocycles. The van der Waals surface area contributed by atoms with Crippen LogP contribution in [0, 0.1) is 0 Å². The minimum Gasteiger partial charge on any atom is -0.493 e. The minimum absolute atomic E-state index is 0.266. The van der Waals surface area contributed by atoms with Gasteiger partial charge in [-0.2, -0.15) is 0 Å². The lowest BCUT2D eigenvalue weighted by atomic mass is 10.1. The molecule has 1 aromatic carbocycles. The van der Waals surface area contributed by atoms with Gasteiger partial charge in [-0.3, -0.25) is 0 Å². The smallest absolute Gasteiger partial charge is 0.124 e. The summed E-state index contributed by atoms with van der Waals surface area (Å²) < 4.78 is 10.4. The Bertz CT molecular complexity index is 327. The highest BCUT2D eigenvalue weighted by atomic mass is 16.5. The molecule has 0 aromatic heterocycles. The molecule has 0 bridgehead atoms. The van der Waals surface area contributed by atoms with Crippen LogP contribution in [0.2, 0.25) is 0 Å². The molecule has 1 heterocycles. The summed E-state index contributed by atoms with van der Waals surface area (Å²) in [4.78, 5) is 0. The first-order chi connectivity index (χ1) is 9.72. The lowest BCUT2D eigenvalue weighted by Crippen LogP contribution is -2.09. The van der Waals surface area contributed by atoms with Gasteiger partial charge in [-0.25, -0.2) is 0 Å². The third-order valence-electron chi connectivity index (χ3n) is 2.64. The predicted octanol–water partition coefficient (Wildman–Crippen LogP) is 4.99. The Kier molecular flexibility index (Phi) is 11.9. The molecule has 1 aliphatic rings. The number of hydrogen-bond donors (Lipinski definition) is 0. The molecule has 1 aromatic rings. The van der Waals surface area contributed by atoms with Crippen LogP contribution in [-0.2, 0) is 15.9 Å². The Hall–Kier alpha value is -1.28. The summed E-state index contributed by atoms with van der Waals surface area (Å²) in [6, 6.07) is 10.6. The van der Waals surface area contributed by atoms with E-state index < -0.39 is 0 Å². The monoisotopic (exact) mass is 278 g/mol. The maximum atomic E-state index is 5.29. The van der Waals surface area contributed by atoms with Gasteiger partial charge in [-0.15, -0.1) is 0 Å². The van der Waals surface area contributed by atoms with Crippen molar-refractivity contribution >= 4 is 0 Å². The number of rotatable bonds is 4. The Balaban J connectivity index is 0.000000321. The van der Waals surface area contributed by atoms with Gasteiger partial charge < -0.3 is 9.47 Å². The van der Waals surface area contributed by atoms with Crippen LogP contribution in [-0.4, -0.2) is 19.3 Å². The highest BCUT2D eigenvalue weighted by Gasteiger charge is 2.15. The summed E-state index contributed by atoms with van der Waals surface area (Å²) in [5, 5.41) is 0. The summed E-state index contributed by atoms with van der Waals surface area (Å²) in [7, 11) is 0. The van der Waals surface area contributed by atoms with Crippen LogP contribution in [0.5, 0.6) is 0 Å². The quantitative estimate of drug-likeness (QED) is 0.722. The van der Waals surface area contributed by atoms with Crippen LogP contribution < -0.4 is 0 Å². The number of ether oxygens (including phenoxy) is 2. The summed E-state index contributed by atoms with van der Waals surface area (Å²) in [5.41, 5.74) is 1.44. The first kappa shape index (κ1) is 18.7. The minimum atomic E-state index is 0.266. The number of benzene rings is 1. The molecule has 1 aliphatic heterocycles. The van der Waals surface area contributed by atoms with Crippen molar-refractivity contribution in [3.8, 4) is 0 Å². The zero-order valence-corrected chi connectivity index (χ0v) is 13.5. The molecule has 0 spiro atoms. The fraction of sp³-hybridized carbons (Fsp3) is 0.556. The average Bonchev–Trinajstić information content (AvgIpc) is 2.95. The van der Waals surface area contributed by atoms with Crippen molar-refractivity contribution in [3.63, 3.8) is 0 Å². The van der Waals surface area contributed by atoms with E-state index in [9.17, 15) is 0 Å². The molecular formula is C18H30O2. The van der Waals surface area contributed by atoms with Crippen molar-refractivity contribution in [2.75, 3.05) is 13.2 Å². The molecule has 2 heteroatoms. The molecule has 2 rings (SSSR count). The fourth-order valence-electron chi connectivity index (χ4n) is 1.82. The van der Waals surface area contributed by atoms with Gasteiger partial charge in [-0.05, 0) is 18.9 Å². The molecule has 1 fully saturated rings. The standard InChI is InChI=1S/C9H12.C7H12O2.C2H6/c1-2-6-9-7-4-3-5-8-9;1-6(2)9-7-3-4-8-5-7;1-2/h3-5,7-8H,2,6H2,1H3;7H,1,3-5H2,2H3;1-2H3. The van der Waals surface area contributed by atoms with Crippen LogP contribution in [0.1, 0.15) is 46.1 Å². The van der Waals surface area contributed by atoms with Gasteiger partial charge in [-0.1, -0.05) is 64.1 Å². The second-order valence-corrected chi connectivity index (χ2v) is 4.54. The normalized spacial score (nSPS) is 16.3. The van der Waals surface area contributed by atoms with E-state index in [0.29, 0.717) is 0 Å². The van der Waals surface area contributed by atoms with Crippen molar-refractivity contribution in [1.29, 1.82) is 0 Å². The number of allylic oxidation sites excluding steroid dienone is 1. The van der Waals surface area contributed by atoms with E-state index in [1.807, 2.05) is 20.8 Å². The van der Waals surface area contributed by atoms with Gasteiger partial charge in [0, 0.05) is 6.42 Å². The van der Waals surface area contributed by atoms with Crippen LogP contribution in [0.3, 0.4) is 0 Å². The summed E-state index contributed by atoms with van der Waals surface area (Å²) in [6.07, 6.45) is 3.72. The Labute approximate surface area is 124 Å². The molecule has 20 heavy (non-hydrogen) atoms. The third-order valence-corrected chi connectivity index (χ3v) is 2.64. The van der Waals surface area contributed by atoms with Gasteiger partial charge >= 0.3 is 0 Å². The highest BCUT2D eigenvalue weighted by Crippen LogP contribution is 2.10. The maximum Gasteiger partial charge on any atom is 0.124 e. The van der Waals surface area contributed by atoms with Crippen molar-refractivity contribution in [3.05, 3.63) is 48.2 Å². The van der Waals surface area contributed by atoms with Crippen LogP contribution in [0.4, 0.5) is 0 Å². The summed E-state index contributed by atoms with van der Waals surface area (Å²) >= 11 is 0. The van der Waals surface area contributed by atoms with E-state index in [4.69, 9.17) is 9.47 Å². The predicted molar refractivity (Wildman–Crippen MR) is 86.9 cm³/mol. The van der Waals surface area contributed by atoms with Crippen molar-refractivity contribution in [1.82, 2.24) is 0 Å². The van der Waals surface area contributed by atoms with E-state index in [2.05, 4.69) is 43.8 Å². The number of aryl methyl sites for hydroxylation is 1. The fourth-order valence-corrected chi connectivity index (χ4v) is 1.82. The molecule has 114 valence electrons. The Morgan fingerprint density at radius 3 is 2.40 bits per heavy atom. The van der Waals surface area contributed by atoms with Crippen molar-refractivity contribution < 1.29 is 9.47 Å². The van der Waals surface area contributed by atoms with Gasteiger partial charge in [0.15, 0.2) is 0 Å². The molecule has 0 amide bonds. The van der Waals surface area contributed by atoms with Crippen LogP contribution in [0.15, 0.2) is 42.7 Å². The second kappa shape index (κ2) is 12.7. The largest absolute Gasteiger partial charge is 0.493 e. The van der Waals surface area contributed by atoms with Gasteiger partial charge in [0.25, 0.3) is 0 Å². The topological polar surface area (TPSA) is 18.5 Å². The van der Waals surface area contributed by atoms with Gasteiger partial charge in [0.2, 0.25) is 0 Å².